The molecule has 1 amide bonds. The SMILES string of the molecule is CCCCOc1ccc(C)cc1.COc1cc(CCC[C@H](CC(=O)OC(C)(C)C)C(=O)NCC(=O)c2ccccc2)cc(OC)c1OC. The maximum Gasteiger partial charge on any atom is 0.307 e. The lowest BCUT2D eigenvalue weighted by molar-refractivity contribution is -0.157. The van der Waals surface area contributed by atoms with Crippen molar-refractivity contribution in [2.24, 2.45) is 5.92 Å². The summed E-state index contributed by atoms with van der Waals surface area (Å²) in [6, 6.07) is 20.7. The smallest absolute Gasteiger partial charge is 0.307 e. The zero-order valence-electron chi connectivity index (χ0n) is 29.9. The molecule has 262 valence electrons. The minimum absolute atomic E-state index is 0.0715. The molecule has 0 unspecified atom stereocenters. The van der Waals surface area contributed by atoms with Gasteiger partial charge in [0.2, 0.25) is 11.7 Å². The second-order valence-electron chi connectivity index (χ2n) is 12.4. The highest BCUT2D eigenvalue weighted by Gasteiger charge is 2.26. The molecule has 9 nitrogen and oxygen atoms in total. The van der Waals surface area contributed by atoms with E-state index in [2.05, 4.69) is 31.3 Å². The third-order valence-corrected chi connectivity index (χ3v) is 7.25. The summed E-state index contributed by atoms with van der Waals surface area (Å²) >= 11 is 0. The van der Waals surface area contributed by atoms with Crippen LogP contribution in [0.1, 0.15) is 81.3 Å². The van der Waals surface area contributed by atoms with Crippen molar-refractivity contribution >= 4 is 17.7 Å². The third kappa shape index (κ3) is 14.5. The van der Waals surface area contributed by atoms with Gasteiger partial charge in [-0.25, -0.2) is 0 Å². The number of unbranched alkanes of at least 4 members (excludes halogenated alkanes) is 1. The normalized spacial score (nSPS) is 11.3. The summed E-state index contributed by atoms with van der Waals surface area (Å²) in [4.78, 5) is 37.9. The van der Waals surface area contributed by atoms with Crippen molar-refractivity contribution < 1.29 is 38.1 Å². The van der Waals surface area contributed by atoms with E-state index in [1.807, 2.05) is 30.3 Å². The Morgan fingerprint density at radius 3 is 2.00 bits per heavy atom. The first-order valence-corrected chi connectivity index (χ1v) is 16.5. The number of esters is 1. The second kappa shape index (κ2) is 20.7. The van der Waals surface area contributed by atoms with Gasteiger partial charge in [-0.1, -0.05) is 61.4 Å². The van der Waals surface area contributed by atoms with Gasteiger partial charge in [0.1, 0.15) is 11.4 Å². The summed E-state index contributed by atoms with van der Waals surface area (Å²) in [5, 5.41) is 2.70. The Balaban J connectivity index is 0.000000558. The number of ketones is 1. The van der Waals surface area contributed by atoms with Crippen LogP contribution in [0.2, 0.25) is 0 Å². The molecular formula is C39H53NO8. The molecule has 0 aromatic heterocycles. The molecule has 9 heteroatoms. The number of Topliss-reactive ketones (excluding diaryl/α,β-unsaturated/α-hetero) is 1. The highest BCUT2D eigenvalue weighted by Crippen LogP contribution is 2.38. The number of carbonyl (C=O) groups excluding carboxylic acids is 3. The second-order valence-corrected chi connectivity index (χ2v) is 12.4. The molecule has 48 heavy (non-hydrogen) atoms. The summed E-state index contributed by atoms with van der Waals surface area (Å²) in [5.74, 6) is 0.953. The quantitative estimate of drug-likeness (QED) is 0.0896. The predicted molar refractivity (Wildman–Crippen MR) is 188 cm³/mol. The molecule has 0 saturated carbocycles. The van der Waals surface area contributed by atoms with Gasteiger partial charge in [-0.3, -0.25) is 14.4 Å². The molecule has 0 aliphatic rings. The molecule has 3 rings (SSSR count). The van der Waals surface area contributed by atoms with E-state index in [4.69, 9.17) is 23.7 Å². The summed E-state index contributed by atoms with van der Waals surface area (Å²) in [6.45, 7) is 10.3. The van der Waals surface area contributed by atoms with Crippen LogP contribution in [0.5, 0.6) is 23.0 Å². The maximum atomic E-state index is 13.0. The molecule has 1 N–H and O–H groups in total. The average molecular weight is 664 g/mol. The van der Waals surface area contributed by atoms with Gasteiger partial charge < -0.3 is 29.0 Å². The fourth-order valence-corrected chi connectivity index (χ4v) is 4.75. The van der Waals surface area contributed by atoms with Gasteiger partial charge in [-0.15, -0.1) is 0 Å². The lowest BCUT2D eigenvalue weighted by Gasteiger charge is -2.22. The zero-order chi connectivity index (χ0) is 35.5. The van der Waals surface area contributed by atoms with Crippen molar-refractivity contribution in [3.63, 3.8) is 0 Å². The highest BCUT2D eigenvalue weighted by molar-refractivity contribution is 5.99. The van der Waals surface area contributed by atoms with Crippen LogP contribution in [0, 0.1) is 12.8 Å². The Hall–Kier alpha value is -4.53. The number of hydrogen-bond acceptors (Lipinski definition) is 8. The molecule has 3 aromatic carbocycles. The van der Waals surface area contributed by atoms with Crippen LogP contribution in [0.3, 0.4) is 0 Å². The van der Waals surface area contributed by atoms with Gasteiger partial charge in [-0.05, 0) is 83.2 Å². The Kier molecular flexibility index (Phi) is 17.1. The maximum absolute atomic E-state index is 13.0. The Morgan fingerprint density at radius 1 is 0.833 bits per heavy atom. The van der Waals surface area contributed by atoms with Crippen molar-refractivity contribution in [1.29, 1.82) is 0 Å². The third-order valence-electron chi connectivity index (χ3n) is 7.25. The fourth-order valence-electron chi connectivity index (χ4n) is 4.75. The molecule has 0 heterocycles. The lowest BCUT2D eigenvalue weighted by Crippen LogP contribution is -2.36. The van der Waals surface area contributed by atoms with Gasteiger partial charge in [0.05, 0.1) is 40.9 Å². The number of amides is 1. The molecule has 0 aliphatic heterocycles. The Labute approximate surface area is 286 Å². The number of ether oxygens (including phenoxy) is 5. The summed E-state index contributed by atoms with van der Waals surface area (Å²) < 4.78 is 27.1. The summed E-state index contributed by atoms with van der Waals surface area (Å²) in [5.41, 5.74) is 2.08. The van der Waals surface area contributed by atoms with Crippen LogP contribution in [0.4, 0.5) is 0 Å². The van der Waals surface area contributed by atoms with Crippen molar-refractivity contribution in [3.05, 3.63) is 83.4 Å². The zero-order valence-corrected chi connectivity index (χ0v) is 29.9. The lowest BCUT2D eigenvalue weighted by atomic mass is 9.95. The van der Waals surface area contributed by atoms with Crippen LogP contribution in [0.25, 0.3) is 0 Å². The number of benzene rings is 3. The standard InChI is InChI=1S/C28H37NO7.C11H16O/c1-28(2,3)36-25(31)17-21(27(32)29-18-22(30)20-12-8-7-9-13-20)14-10-11-19-15-23(33-4)26(35-6)24(16-19)34-5;1-3-4-9-12-11-7-5-10(2)6-8-11/h7-9,12-13,15-16,21H,10-11,14,17-18H2,1-6H3,(H,29,32);5-8H,3-4,9H2,1-2H3/t21-;/m1./s1. The first kappa shape index (κ1) is 39.6. The first-order chi connectivity index (χ1) is 22.9. The predicted octanol–water partition coefficient (Wildman–Crippen LogP) is 7.56. The van der Waals surface area contributed by atoms with E-state index in [1.54, 1.807) is 66.4 Å². The van der Waals surface area contributed by atoms with Crippen LogP contribution >= 0.6 is 0 Å². The number of nitrogens with one attached hydrogen (secondary N) is 1. The molecule has 0 spiro atoms. The monoisotopic (exact) mass is 663 g/mol. The summed E-state index contributed by atoms with van der Waals surface area (Å²) in [6.07, 6.45) is 3.92. The molecule has 3 aromatic rings. The molecule has 0 aliphatic carbocycles. The molecule has 1 atom stereocenters. The van der Waals surface area contributed by atoms with Gasteiger partial charge in [0.15, 0.2) is 17.3 Å². The van der Waals surface area contributed by atoms with E-state index in [0.29, 0.717) is 42.1 Å². The van der Waals surface area contributed by atoms with Crippen molar-refractivity contribution in [1.82, 2.24) is 5.32 Å². The van der Waals surface area contributed by atoms with Gasteiger partial charge in [0, 0.05) is 11.5 Å². The molecule has 0 fully saturated rings. The van der Waals surface area contributed by atoms with E-state index in [1.165, 1.54) is 12.0 Å². The number of rotatable bonds is 17. The largest absolute Gasteiger partial charge is 0.494 e. The van der Waals surface area contributed by atoms with Crippen molar-refractivity contribution in [2.75, 3.05) is 34.5 Å². The summed E-state index contributed by atoms with van der Waals surface area (Å²) in [7, 11) is 4.65. The Morgan fingerprint density at radius 2 is 1.46 bits per heavy atom. The molecule has 0 bridgehead atoms. The minimum atomic E-state index is -0.655. The van der Waals surface area contributed by atoms with Crippen LogP contribution in [0.15, 0.2) is 66.7 Å². The van der Waals surface area contributed by atoms with Crippen LogP contribution < -0.4 is 24.3 Å². The van der Waals surface area contributed by atoms with E-state index < -0.39 is 17.5 Å². The Bertz CT molecular complexity index is 1390. The van der Waals surface area contributed by atoms with E-state index in [0.717, 1.165) is 24.3 Å². The molecular weight excluding hydrogens is 610 g/mol. The molecule has 0 radical (unpaired) electrons. The first-order valence-electron chi connectivity index (χ1n) is 16.5. The molecule has 0 saturated heterocycles. The van der Waals surface area contributed by atoms with Crippen LogP contribution in [-0.2, 0) is 20.7 Å². The van der Waals surface area contributed by atoms with Gasteiger partial charge >= 0.3 is 5.97 Å². The average Bonchev–Trinajstić information content (AvgIpc) is 3.06. The minimum Gasteiger partial charge on any atom is -0.494 e. The van der Waals surface area contributed by atoms with Crippen molar-refractivity contribution in [2.45, 2.75) is 78.7 Å². The number of aryl methyl sites for hydroxylation is 2. The number of hydrogen-bond donors (Lipinski definition) is 1. The highest BCUT2D eigenvalue weighted by atomic mass is 16.6. The van der Waals surface area contributed by atoms with E-state index >= 15 is 0 Å². The van der Waals surface area contributed by atoms with E-state index in [-0.39, 0.29) is 24.7 Å². The number of carbonyl (C=O) groups is 3. The topological polar surface area (TPSA) is 109 Å². The van der Waals surface area contributed by atoms with Gasteiger partial charge in [0.25, 0.3) is 0 Å². The van der Waals surface area contributed by atoms with Gasteiger partial charge in [-0.2, -0.15) is 0 Å². The van der Waals surface area contributed by atoms with E-state index in [9.17, 15) is 14.4 Å². The fraction of sp³-hybridized carbons (Fsp3) is 0.462. The number of methoxy groups -OCH3 is 3. The van der Waals surface area contributed by atoms with Crippen LogP contribution in [-0.4, -0.2) is 57.7 Å². The van der Waals surface area contributed by atoms with Crippen molar-refractivity contribution in [3.8, 4) is 23.0 Å².